The first-order chi connectivity index (χ1) is 15.2. The van der Waals surface area contributed by atoms with Gasteiger partial charge >= 0.3 is 0 Å². The van der Waals surface area contributed by atoms with Crippen LogP contribution in [0.1, 0.15) is 6.42 Å². The molecule has 31 heavy (non-hydrogen) atoms. The third-order valence-electron chi connectivity index (χ3n) is 7.41. The highest BCUT2D eigenvalue weighted by Crippen LogP contribution is 2.52. The zero-order valence-corrected chi connectivity index (χ0v) is 18.2. The molecular formula is C24H26N4O2S. The number of allylic oxidation sites excluding steroid dienone is 2. The van der Waals surface area contributed by atoms with Crippen LogP contribution in [-0.4, -0.2) is 65.9 Å². The molecule has 3 heterocycles. The maximum absolute atomic E-state index is 12.9. The minimum absolute atomic E-state index is 0.0710. The lowest BCUT2D eigenvalue weighted by Crippen LogP contribution is -2.49. The van der Waals surface area contributed by atoms with E-state index in [2.05, 4.69) is 39.5 Å². The number of aromatic nitrogens is 1. The molecular weight excluding hydrogens is 408 g/mol. The van der Waals surface area contributed by atoms with Crippen molar-refractivity contribution in [2.24, 2.45) is 23.7 Å². The molecule has 0 spiro atoms. The number of rotatable bonds is 5. The lowest BCUT2D eigenvalue weighted by Gasteiger charge is -2.35. The normalized spacial score (nSPS) is 29.9. The fourth-order valence-electron chi connectivity index (χ4n) is 5.74. The average molecular weight is 435 g/mol. The third kappa shape index (κ3) is 3.22. The van der Waals surface area contributed by atoms with Gasteiger partial charge in [0, 0.05) is 50.2 Å². The van der Waals surface area contributed by atoms with Crippen LogP contribution in [0.25, 0.3) is 11.3 Å². The van der Waals surface area contributed by atoms with Gasteiger partial charge in [0.1, 0.15) is 0 Å². The Hall–Kier alpha value is -2.51. The van der Waals surface area contributed by atoms with Crippen LogP contribution in [0, 0.1) is 23.7 Å². The number of carbonyl (C=O) groups excluding carboxylic acids is 2. The van der Waals surface area contributed by atoms with E-state index in [0.717, 1.165) is 55.5 Å². The van der Waals surface area contributed by atoms with Crippen molar-refractivity contribution in [3.63, 3.8) is 0 Å². The highest BCUT2D eigenvalue weighted by molar-refractivity contribution is 7.14. The molecule has 2 amide bonds. The molecule has 1 aromatic heterocycles. The molecule has 160 valence electrons. The molecule has 0 radical (unpaired) electrons. The number of amides is 2. The SMILES string of the molecule is O=C1[C@@H]2[C@H](C(=O)N1CCN1CCN(c3nc(-c4ccccc4)cs3)CC1)[C@H]1C=C[C@H]2C1. The van der Waals surface area contributed by atoms with E-state index in [4.69, 9.17) is 4.98 Å². The van der Waals surface area contributed by atoms with Gasteiger partial charge in [0.15, 0.2) is 5.13 Å². The largest absolute Gasteiger partial charge is 0.346 e. The molecule has 6 nitrogen and oxygen atoms in total. The lowest BCUT2D eigenvalue weighted by molar-refractivity contribution is -0.140. The van der Waals surface area contributed by atoms with E-state index in [-0.39, 0.29) is 23.7 Å². The Morgan fingerprint density at radius 2 is 1.58 bits per heavy atom. The average Bonchev–Trinajstić information content (AvgIpc) is 3.59. The van der Waals surface area contributed by atoms with Gasteiger partial charge in [-0.25, -0.2) is 4.98 Å². The molecule has 2 aliphatic carbocycles. The fourth-order valence-corrected chi connectivity index (χ4v) is 6.63. The number of imide groups is 1. The van der Waals surface area contributed by atoms with Crippen LogP contribution in [-0.2, 0) is 9.59 Å². The second-order valence-corrected chi connectivity index (χ2v) is 9.87. The van der Waals surface area contributed by atoms with Gasteiger partial charge in [-0.3, -0.25) is 19.4 Å². The van der Waals surface area contributed by atoms with Crippen molar-refractivity contribution < 1.29 is 9.59 Å². The Morgan fingerprint density at radius 3 is 2.26 bits per heavy atom. The van der Waals surface area contributed by atoms with Crippen molar-refractivity contribution in [3.8, 4) is 11.3 Å². The molecule has 1 saturated carbocycles. The van der Waals surface area contributed by atoms with Gasteiger partial charge in [0.05, 0.1) is 17.5 Å². The summed E-state index contributed by atoms with van der Waals surface area (Å²) in [6, 6.07) is 10.3. The monoisotopic (exact) mass is 434 g/mol. The van der Waals surface area contributed by atoms with Gasteiger partial charge in [-0.05, 0) is 18.3 Å². The molecule has 0 N–H and O–H groups in total. The van der Waals surface area contributed by atoms with Crippen LogP contribution in [0.5, 0.6) is 0 Å². The van der Waals surface area contributed by atoms with E-state index in [1.54, 1.807) is 16.2 Å². The van der Waals surface area contributed by atoms with E-state index < -0.39 is 0 Å². The number of likely N-dealkylation sites (tertiary alicyclic amines) is 1. The van der Waals surface area contributed by atoms with Crippen LogP contribution in [0.4, 0.5) is 5.13 Å². The minimum atomic E-state index is -0.0805. The highest BCUT2D eigenvalue weighted by atomic mass is 32.1. The number of benzene rings is 1. The molecule has 3 fully saturated rings. The molecule has 7 heteroatoms. The topological polar surface area (TPSA) is 56.8 Å². The molecule has 0 unspecified atom stereocenters. The summed E-state index contributed by atoms with van der Waals surface area (Å²) in [6.45, 7) is 4.98. The number of piperazine rings is 1. The van der Waals surface area contributed by atoms with Gasteiger partial charge in [0.25, 0.3) is 0 Å². The van der Waals surface area contributed by atoms with Crippen LogP contribution in [0.15, 0.2) is 47.9 Å². The van der Waals surface area contributed by atoms with E-state index in [1.165, 1.54) is 0 Å². The predicted molar refractivity (Wildman–Crippen MR) is 121 cm³/mol. The molecule has 2 aromatic rings. The number of nitrogens with zero attached hydrogens (tertiary/aromatic N) is 4. The van der Waals surface area contributed by atoms with Gasteiger partial charge < -0.3 is 4.90 Å². The van der Waals surface area contributed by atoms with Crippen molar-refractivity contribution in [2.75, 3.05) is 44.2 Å². The van der Waals surface area contributed by atoms with Gasteiger partial charge in [0.2, 0.25) is 11.8 Å². The van der Waals surface area contributed by atoms with Gasteiger partial charge in [-0.1, -0.05) is 42.5 Å². The maximum atomic E-state index is 12.9. The standard InChI is InChI=1S/C24H26N4O2S/c29-22-20-17-6-7-18(14-17)21(20)23(30)28(22)13-10-26-8-11-27(12-9-26)24-25-19(15-31-24)16-4-2-1-3-5-16/h1-7,15,17-18,20-21H,8-14H2/t17-,18-,20-,21+/m0/s1. The van der Waals surface area contributed by atoms with E-state index in [9.17, 15) is 9.59 Å². The summed E-state index contributed by atoms with van der Waals surface area (Å²) in [5.41, 5.74) is 2.18. The third-order valence-corrected chi connectivity index (χ3v) is 8.31. The number of hydrogen-bond donors (Lipinski definition) is 0. The number of hydrogen-bond acceptors (Lipinski definition) is 6. The first kappa shape index (κ1) is 19.2. The fraction of sp³-hybridized carbons (Fsp3) is 0.458. The minimum Gasteiger partial charge on any atom is -0.346 e. The summed E-state index contributed by atoms with van der Waals surface area (Å²) >= 11 is 1.69. The highest BCUT2D eigenvalue weighted by Gasteiger charge is 2.59. The second kappa shape index (κ2) is 7.57. The molecule has 4 atom stereocenters. The van der Waals surface area contributed by atoms with Gasteiger partial charge in [-0.2, -0.15) is 0 Å². The summed E-state index contributed by atoms with van der Waals surface area (Å²) in [5.74, 6) is 0.563. The Bertz CT molecular complexity index is 997. The Labute approximate surface area is 186 Å². The molecule has 2 aliphatic heterocycles. The summed E-state index contributed by atoms with van der Waals surface area (Å²) in [7, 11) is 0. The van der Waals surface area contributed by atoms with E-state index in [1.807, 2.05) is 18.2 Å². The van der Waals surface area contributed by atoms with E-state index >= 15 is 0 Å². The number of anilines is 1. The smallest absolute Gasteiger partial charge is 0.233 e. The van der Waals surface area contributed by atoms with Crippen molar-refractivity contribution in [1.29, 1.82) is 0 Å². The molecule has 4 aliphatic rings. The zero-order chi connectivity index (χ0) is 20.9. The Balaban J connectivity index is 1.03. The molecule has 1 aromatic carbocycles. The Morgan fingerprint density at radius 1 is 0.903 bits per heavy atom. The maximum Gasteiger partial charge on any atom is 0.233 e. The molecule has 2 saturated heterocycles. The summed E-state index contributed by atoms with van der Waals surface area (Å²) in [5, 5.41) is 3.19. The van der Waals surface area contributed by atoms with Crippen molar-refractivity contribution in [1.82, 2.24) is 14.8 Å². The predicted octanol–water partition coefficient (Wildman–Crippen LogP) is 2.74. The lowest BCUT2D eigenvalue weighted by atomic mass is 9.85. The van der Waals surface area contributed by atoms with Crippen LogP contribution < -0.4 is 4.90 Å². The first-order valence-corrected chi connectivity index (χ1v) is 12.1. The zero-order valence-electron chi connectivity index (χ0n) is 17.4. The van der Waals surface area contributed by atoms with Crippen molar-refractivity contribution >= 4 is 28.3 Å². The van der Waals surface area contributed by atoms with Crippen molar-refractivity contribution in [2.45, 2.75) is 6.42 Å². The van der Waals surface area contributed by atoms with Crippen LogP contribution >= 0.6 is 11.3 Å². The van der Waals surface area contributed by atoms with E-state index in [0.29, 0.717) is 18.4 Å². The number of carbonyl (C=O) groups is 2. The summed E-state index contributed by atoms with van der Waals surface area (Å²) in [4.78, 5) is 36.8. The number of thiazole rings is 1. The Kier molecular flexibility index (Phi) is 4.69. The number of fused-ring (bicyclic) bond motifs is 5. The quantitative estimate of drug-likeness (QED) is 0.535. The molecule has 6 rings (SSSR count). The molecule has 2 bridgehead atoms. The summed E-state index contributed by atoms with van der Waals surface area (Å²) < 4.78 is 0. The summed E-state index contributed by atoms with van der Waals surface area (Å²) in [6.07, 6.45) is 5.30. The van der Waals surface area contributed by atoms with Crippen molar-refractivity contribution in [3.05, 3.63) is 47.9 Å². The van der Waals surface area contributed by atoms with Gasteiger partial charge in [-0.15, -0.1) is 11.3 Å². The first-order valence-electron chi connectivity index (χ1n) is 11.2. The van der Waals surface area contributed by atoms with Crippen LogP contribution in [0.2, 0.25) is 0 Å². The van der Waals surface area contributed by atoms with Crippen LogP contribution in [0.3, 0.4) is 0 Å². The second-order valence-electron chi connectivity index (χ2n) is 9.04.